The molecule has 0 bridgehead atoms. The molecule has 7 nitrogen and oxygen atoms in total. The smallest absolute Gasteiger partial charge is 0.359 e. The average Bonchev–Trinajstić information content (AvgIpc) is 2.52. The minimum atomic E-state index is -4.64. The van der Waals surface area contributed by atoms with Gasteiger partial charge in [-0.2, -0.15) is 13.2 Å². The maximum absolute atomic E-state index is 12.6. The zero-order chi connectivity index (χ0) is 18.9. The molecule has 2 aromatic rings. The maximum Gasteiger partial charge on any atom is 0.431 e. The van der Waals surface area contributed by atoms with E-state index in [9.17, 15) is 22.8 Å². The van der Waals surface area contributed by atoms with Crippen LogP contribution in [0.25, 0.3) is 11.3 Å². The Morgan fingerprint density at radius 2 is 2.04 bits per heavy atom. The third kappa shape index (κ3) is 3.68. The summed E-state index contributed by atoms with van der Waals surface area (Å²) in [5.74, 6) is 0.236. The van der Waals surface area contributed by atoms with Crippen molar-refractivity contribution >= 4 is 11.7 Å². The van der Waals surface area contributed by atoms with Gasteiger partial charge in [0.05, 0.1) is 11.3 Å². The number of aromatic amines is 1. The fourth-order valence-electron chi connectivity index (χ4n) is 2.52. The van der Waals surface area contributed by atoms with Crippen molar-refractivity contribution in [3.8, 4) is 11.3 Å². The fourth-order valence-corrected chi connectivity index (χ4v) is 2.52. The molecule has 1 aliphatic heterocycles. The summed E-state index contributed by atoms with van der Waals surface area (Å²) in [5.41, 5.74) is -1.91. The van der Waals surface area contributed by atoms with Crippen LogP contribution in [0.4, 0.5) is 19.0 Å². The van der Waals surface area contributed by atoms with Crippen LogP contribution in [0.2, 0.25) is 0 Å². The number of nitrogens with zero attached hydrogens (tertiary/aromatic N) is 3. The lowest BCUT2D eigenvalue weighted by molar-refractivity contribution is -0.141. The molecule has 1 amide bonds. The van der Waals surface area contributed by atoms with Crippen LogP contribution in [0, 0.1) is 0 Å². The number of amides is 1. The van der Waals surface area contributed by atoms with Crippen LogP contribution in [0.1, 0.15) is 19.0 Å². The van der Waals surface area contributed by atoms with Crippen molar-refractivity contribution in [1.29, 1.82) is 0 Å². The van der Waals surface area contributed by atoms with Gasteiger partial charge in [0.1, 0.15) is 23.9 Å². The van der Waals surface area contributed by atoms with E-state index in [0.29, 0.717) is 5.82 Å². The number of rotatable bonds is 4. The van der Waals surface area contributed by atoms with E-state index in [1.807, 2.05) is 0 Å². The molecule has 1 fully saturated rings. The van der Waals surface area contributed by atoms with E-state index in [1.165, 1.54) is 12.4 Å². The first-order chi connectivity index (χ1) is 12.3. The van der Waals surface area contributed by atoms with Crippen molar-refractivity contribution in [2.24, 2.45) is 0 Å². The van der Waals surface area contributed by atoms with Gasteiger partial charge in [-0.25, -0.2) is 9.97 Å². The van der Waals surface area contributed by atoms with Gasteiger partial charge in [-0.1, -0.05) is 0 Å². The van der Waals surface area contributed by atoms with E-state index in [1.54, 1.807) is 16.8 Å². The number of aromatic nitrogens is 3. The number of likely N-dealkylation sites (tertiary alicyclic amines) is 1. The van der Waals surface area contributed by atoms with Crippen LogP contribution >= 0.6 is 0 Å². The van der Waals surface area contributed by atoms with Crippen molar-refractivity contribution in [3.05, 3.63) is 40.6 Å². The predicted molar refractivity (Wildman–Crippen MR) is 87.4 cm³/mol. The maximum atomic E-state index is 12.6. The largest absolute Gasteiger partial charge is 0.431 e. The second kappa shape index (κ2) is 6.77. The quantitative estimate of drug-likeness (QED) is 0.861. The number of carbonyl (C=O) groups is 1. The fraction of sp³-hybridized carbons (Fsp3) is 0.375. The summed E-state index contributed by atoms with van der Waals surface area (Å²) in [6, 6.07) is 2.73. The van der Waals surface area contributed by atoms with Gasteiger partial charge < -0.3 is 15.2 Å². The van der Waals surface area contributed by atoms with Gasteiger partial charge in [0.15, 0.2) is 0 Å². The lowest BCUT2D eigenvalue weighted by atomic mass is 10.1. The normalized spacial score (nSPS) is 15.3. The summed E-state index contributed by atoms with van der Waals surface area (Å²) in [5, 5.41) is 2.92. The summed E-state index contributed by atoms with van der Waals surface area (Å²) in [4.78, 5) is 35.5. The molecule has 0 saturated carbocycles. The summed E-state index contributed by atoms with van der Waals surface area (Å²) < 4.78 is 37.9. The number of halogens is 3. The monoisotopic (exact) mass is 367 g/mol. The predicted octanol–water partition coefficient (Wildman–Crippen LogP) is 1.88. The minimum Gasteiger partial charge on any atom is -0.359 e. The van der Waals surface area contributed by atoms with Gasteiger partial charge in [-0.3, -0.25) is 9.59 Å². The van der Waals surface area contributed by atoms with Crippen LogP contribution < -0.4 is 10.9 Å². The number of anilines is 1. The minimum absolute atomic E-state index is 0.0230. The second-order valence-corrected chi connectivity index (χ2v) is 5.95. The molecule has 3 heterocycles. The molecule has 0 aromatic carbocycles. The van der Waals surface area contributed by atoms with Crippen molar-refractivity contribution in [3.63, 3.8) is 0 Å². The van der Waals surface area contributed by atoms with Gasteiger partial charge >= 0.3 is 6.18 Å². The molecular formula is C16H16F3N5O2. The number of carbonyl (C=O) groups excluding carboxylic acids is 1. The molecule has 138 valence electrons. The van der Waals surface area contributed by atoms with Gasteiger partial charge in [-0.15, -0.1) is 0 Å². The third-order valence-corrected chi connectivity index (χ3v) is 4.06. The third-order valence-electron chi connectivity index (χ3n) is 4.06. The average molecular weight is 367 g/mol. The molecule has 0 radical (unpaired) electrons. The molecule has 0 aliphatic carbocycles. The van der Waals surface area contributed by atoms with E-state index in [2.05, 4.69) is 15.3 Å². The van der Waals surface area contributed by atoms with Crippen molar-refractivity contribution in [1.82, 2.24) is 19.9 Å². The Morgan fingerprint density at radius 1 is 1.31 bits per heavy atom. The summed E-state index contributed by atoms with van der Waals surface area (Å²) in [6.45, 7) is 3.13. The van der Waals surface area contributed by atoms with E-state index in [0.717, 1.165) is 31.6 Å². The molecule has 2 aromatic heterocycles. The summed E-state index contributed by atoms with van der Waals surface area (Å²) in [6.07, 6.45) is -2.48. The van der Waals surface area contributed by atoms with Crippen LogP contribution in [0.15, 0.2) is 29.3 Å². The van der Waals surface area contributed by atoms with Gasteiger partial charge in [-0.05, 0) is 25.5 Å². The molecular weight excluding hydrogens is 351 g/mol. The standard InChI is InChI=1S/C16H16F3N5O2/c1-9(15(26)24-5-2-6-24)22-13-7-11(20-8-21-13)10-3-4-12(16(17,18)19)23-14(10)25/h3-4,7-9H,2,5-6H2,1H3,(H,23,25)(H,20,21,22)/t9-/m1/s1. The molecule has 26 heavy (non-hydrogen) atoms. The molecule has 0 spiro atoms. The number of H-pyrrole nitrogens is 1. The Hall–Kier alpha value is -2.91. The first-order valence-electron chi connectivity index (χ1n) is 7.94. The topological polar surface area (TPSA) is 91.0 Å². The number of hydrogen-bond acceptors (Lipinski definition) is 5. The first-order valence-corrected chi connectivity index (χ1v) is 7.94. The van der Waals surface area contributed by atoms with E-state index < -0.39 is 23.5 Å². The second-order valence-electron chi connectivity index (χ2n) is 5.95. The van der Waals surface area contributed by atoms with Crippen molar-refractivity contribution < 1.29 is 18.0 Å². The highest BCUT2D eigenvalue weighted by Crippen LogP contribution is 2.27. The highest BCUT2D eigenvalue weighted by Gasteiger charge is 2.32. The van der Waals surface area contributed by atoms with Crippen molar-refractivity contribution in [2.45, 2.75) is 25.6 Å². The molecule has 1 aliphatic rings. The number of alkyl halides is 3. The molecule has 3 rings (SSSR count). The Balaban J connectivity index is 1.81. The van der Waals surface area contributed by atoms with Crippen LogP contribution in [-0.2, 0) is 11.0 Å². The number of hydrogen-bond donors (Lipinski definition) is 2. The Bertz CT molecular complexity index is 877. The lowest BCUT2D eigenvalue weighted by Crippen LogP contribution is -2.48. The van der Waals surface area contributed by atoms with Gasteiger partial charge in [0.2, 0.25) is 5.91 Å². The summed E-state index contributed by atoms with van der Waals surface area (Å²) in [7, 11) is 0. The van der Waals surface area contributed by atoms with E-state index >= 15 is 0 Å². The van der Waals surface area contributed by atoms with Crippen molar-refractivity contribution in [2.75, 3.05) is 18.4 Å². The molecule has 2 N–H and O–H groups in total. The Morgan fingerprint density at radius 3 is 2.62 bits per heavy atom. The van der Waals surface area contributed by atoms with Crippen LogP contribution in [0.3, 0.4) is 0 Å². The number of pyridine rings is 1. The molecule has 10 heteroatoms. The van der Waals surface area contributed by atoms with Crippen LogP contribution in [0.5, 0.6) is 0 Å². The Kier molecular flexibility index (Phi) is 4.66. The van der Waals surface area contributed by atoms with E-state index in [4.69, 9.17) is 0 Å². The molecule has 0 unspecified atom stereocenters. The van der Waals surface area contributed by atoms with Gasteiger partial charge in [0, 0.05) is 19.2 Å². The number of nitrogens with one attached hydrogen (secondary N) is 2. The molecule has 1 saturated heterocycles. The Labute approximate surface area is 146 Å². The van der Waals surface area contributed by atoms with E-state index in [-0.39, 0.29) is 17.2 Å². The zero-order valence-corrected chi connectivity index (χ0v) is 13.8. The highest BCUT2D eigenvalue weighted by molar-refractivity contribution is 5.84. The van der Waals surface area contributed by atoms with Gasteiger partial charge in [0.25, 0.3) is 5.56 Å². The highest BCUT2D eigenvalue weighted by atomic mass is 19.4. The molecule has 1 atom stereocenters. The zero-order valence-electron chi connectivity index (χ0n) is 13.8. The SMILES string of the molecule is C[C@@H](Nc1cc(-c2ccc(C(F)(F)F)[nH]c2=O)ncn1)C(=O)N1CCC1. The summed E-state index contributed by atoms with van der Waals surface area (Å²) >= 11 is 0. The first kappa shape index (κ1) is 17.9. The lowest BCUT2D eigenvalue weighted by Gasteiger charge is -2.33. The van der Waals surface area contributed by atoms with Crippen LogP contribution in [-0.4, -0.2) is 44.9 Å².